The summed E-state index contributed by atoms with van der Waals surface area (Å²) in [4.78, 5) is 13.6. The van der Waals surface area contributed by atoms with Gasteiger partial charge in [-0.05, 0) is 80.3 Å². The van der Waals surface area contributed by atoms with Crippen LogP contribution in [0.4, 0.5) is 5.82 Å². The molecule has 0 saturated carbocycles. The van der Waals surface area contributed by atoms with Crippen LogP contribution in [0.3, 0.4) is 0 Å². The highest BCUT2D eigenvalue weighted by molar-refractivity contribution is 5.85. The zero-order chi connectivity index (χ0) is 24.5. The Bertz CT molecular complexity index is 1510. The number of hydrogen-bond acceptors (Lipinski definition) is 6. The molecule has 5 aromatic rings. The van der Waals surface area contributed by atoms with Crippen molar-refractivity contribution in [2.45, 2.75) is 39.8 Å². The maximum atomic E-state index is 9.92. The third-order valence-corrected chi connectivity index (χ3v) is 6.23. The first-order valence-electron chi connectivity index (χ1n) is 11.7. The number of aryl methyl sites for hydroxylation is 2. The lowest BCUT2D eigenvalue weighted by molar-refractivity contribution is 0.199. The Kier molecular flexibility index (Phi) is 6.05. The lowest BCUT2D eigenvalue weighted by atomic mass is 9.99. The molecule has 0 aliphatic heterocycles. The number of fused-ring (bicyclic) bond motifs is 1. The SMILES string of the molecule is Cc1nc(NC(C)c2cccc(-c3cncc(C(C)O)c3)c2)cc(-c2ccc3occ(C)c3c2)n1. The molecule has 0 bridgehead atoms. The fourth-order valence-electron chi connectivity index (χ4n) is 4.24. The Labute approximate surface area is 204 Å². The molecule has 0 amide bonds. The summed E-state index contributed by atoms with van der Waals surface area (Å²) >= 11 is 0. The van der Waals surface area contributed by atoms with E-state index in [1.54, 1.807) is 19.4 Å². The molecule has 6 nitrogen and oxygen atoms in total. The van der Waals surface area contributed by atoms with E-state index in [2.05, 4.69) is 51.5 Å². The molecule has 0 spiro atoms. The minimum absolute atomic E-state index is 0.0172. The van der Waals surface area contributed by atoms with Crippen molar-refractivity contribution in [2.75, 3.05) is 5.32 Å². The Balaban J connectivity index is 1.41. The predicted octanol–water partition coefficient (Wildman–Crippen LogP) is 6.80. The molecule has 0 fully saturated rings. The number of aromatic nitrogens is 3. The summed E-state index contributed by atoms with van der Waals surface area (Å²) in [5, 5.41) is 14.5. The summed E-state index contributed by atoms with van der Waals surface area (Å²) in [6.45, 7) is 7.81. The molecule has 0 aliphatic rings. The smallest absolute Gasteiger partial charge is 0.134 e. The van der Waals surface area contributed by atoms with E-state index in [0.717, 1.165) is 55.9 Å². The van der Waals surface area contributed by atoms with Gasteiger partial charge in [0.05, 0.1) is 18.1 Å². The second kappa shape index (κ2) is 9.31. The van der Waals surface area contributed by atoms with Crippen molar-refractivity contribution in [3.63, 3.8) is 0 Å². The van der Waals surface area contributed by atoms with Crippen molar-refractivity contribution in [1.29, 1.82) is 0 Å². The van der Waals surface area contributed by atoms with Gasteiger partial charge >= 0.3 is 0 Å². The Morgan fingerprint density at radius 1 is 0.857 bits per heavy atom. The average molecular weight is 465 g/mol. The van der Waals surface area contributed by atoms with Crippen LogP contribution in [0, 0.1) is 13.8 Å². The number of furan rings is 1. The standard InChI is InChI=1S/C29H28N4O2/c1-17-16-35-28-9-8-23(12-26(17)28)27-13-29(33-20(4)32-27)31-18(2)21-6-5-7-22(10-21)25-11-24(19(3)34)14-30-15-25/h5-16,18-19,34H,1-4H3,(H,31,32,33). The lowest BCUT2D eigenvalue weighted by Gasteiger charge is -2.17. The van der Waals surface area contributed by atoms with Crippen LogP contribution in [0.1, 0.15) is 48.5 Å². The molecule has 3 heterocycles. The lowest BCUT2D eigenvalue weighted by Crippen LogP contribution is -2.09. The van der Waals surface area contributed by atoms with Gasteiger partial charge in [0.15, 0.2) is 0 Å². The van der Waals surface area contributed by atoms with Gasteiger partial charge in [-0.3, -0.25) is 4.98 Å². The van der Waals surface area contributed by atoms with Gasteiger partial charge in [-0.2, -0.15) is 0 Å². The number of rotatable bonds is 6. The average Bonchev–Trinajstić information content (AvgIpc) is 3.24. The molecule has 6 heteroatoms. The number of aliphatic hydroxyl groups is 1. The Hall–Kier alpha value is -4.03. The first kappa shape index (κ1) is 22.7. The third kappa shape index (κ3) is 4.79. The number of aliphatic hydroxyl groups excluding tert-OH is 1. The van der Waals surface area contributed by atoms with Crippen molar-refractivity contribution in [3.05, 3.63) is 95.8 Å². The molecule has 0 radical (unpaired) electrons. The van der Waals surface area contributed by atoms with E-state index in [0.29, 0.717) is 5.82 Å². The number of anilines is 1. The minimum Gasteiger partial charge on any atom is -0.464 e. The molecular formula is C29H28N4O2. The maximum absolute atomic E-state index is 9.92. The highest BCUT2D eigenvalue weighted by Gasteiger charge is 2.12. The molecule has 35 heavy (non-hydrogen) atoms. The minimum atomic E-state index is -0.556. The summed E-state index contributed by atoms with van der Waals surface area (Å²) in [6.07, 6.45) is 4.74. The van der Waals surface area contributed by atoms with Crippen molar-refractivity contribution in [2.24, 2.45) is 0 Å². The second-order valence-corrected chi connectivity index (χ2v) is 8.99. The monoisotopic (exact) mass is 464 g/mol. The van der Waals surface area contributed by atoms with E-state index < -0.39 is 6.10 Å². The third-order valence-electron chi connectivity index (χ3n) is 6.23. The first-order valence-corrected chi connectivity index (χ1v) is 11.7. The number of nitrogens with one attached hydrogen (secondary N) is 1. The van der Waals surface area contributed by atoms with Gasteiger partial charge < -0.3 is 14.8 Å². The predicted molar refractivity (Wildman–Crippen MR) is 139 cm³/mol. The van der Waals surface area contributed by atoms with E-state index in [9.17, 15) is 5.11 Å². The molecule has 5 rings (SSSR count). The van der Waals surface area contributed by atoms with Crippen molar-refractivity contribution >= 4 is 16.8 Å². The van der Waals surface area contributed by atoms with Gasteiger partial charge in [0, 0.05) is 41.0 Å². The molecular weight excluding hydrogens is 436 g/mol. The van der Waals surface area contributed by atoms with Gasteiger partial charge in [-0.1, -0.05) is 18.2 Å². The maximum Gasteiger partial charge on any atom is 0.134 e. The van der Waals surface area contributed by atoms with Gasteiger partial charge in [-0.15, -0.1) is 0 Å². The summed E-state index contributed by atoms with van der Waals surface area (Å²) < 4.78 is 5.59. The van der Waals surface area contributed by atoms with Crippen molar-refractivity contribution in [3.8, 4) is 22.4 Å². The highest BCUT2D eigenvalue weighted by Crippen LogP contribution is 2.30. The molecule has 0 aliphatic carbocycles. The van der Waals surface area contributed by atoms with Crippen LogP contribution >= 0.6 is 0 Å². The zero-order valence-electron chi connectivity index (χ0n) is 20.3. The molecule has 2 atom stereocenters. The van der Waals surface area contributed by atoms with Gasteiger partial charge in [-0.25, -0.2) is 9.97 Å². The highest BCUT2D eigenvalue weighted by atomic mass is 16.3. The normalized spacial score (nSPS) is 13.1. The van der Waals surface area contributed by atoms with Crippen LogP contribution in [0.5, 0.6) is 0 Å². The summed E-state index contributed by atoms with van der Waals surface area (Å²) in [7, 11) is 0. The Morgan fingerprint density at radius 3 is 2.51 bits per heavy atom. The van der Waals surface area contributed by atoms with Crippen LogP contribution in [0.25, 0.3) is 33.4 Å². The fourth-order valence-corrected chi connectivity index (χ4v) is 4.24. The van der Waals surface area contributed by atoms with Gasteiger partial charge in [0.1, 0.15) is 17.2 Å². The van der Waals surface area contributed by atoms with E-state index in [1.165, 1.54) is 0 Å². The summed E-state index contributed by atoms with van der Waals surface area (Å²) in [5.41, 5.74) is 7.81. The van der Waals surface area contributed by atoms with E-state index >= 15 is 0 Å². The second-order valence-electron chi connectivity index (χ2n) is 8.99. The van der Waals surface area contributed by atoms with Crippen LogP contribution in [0.2, 0.25) is 0 Å². The topological polar surface area (TPSA) is 84.1 Å². The zero-order valence-corrected chi connectivity index (χ0v) is 20.3. The Morgan fingerprint density at radius 2 is 1.69 bits per heavy atom. The number of benzene rings is 2. The summed E-state index contributed by atoms with van der Waals surface area (Å²) in [6, 6.07) is 18.4. The van der Waals surface area contributed by atoms with Crippen LogP contribution < -0.4 is 5.32 Å². The first-order chi connectivity index (χ1) is 16.9. The molecule has 176 valence electrons. The van der Waals surface area contributed by atoms with Crippen LogP contribution in [0.15, 0.2) is 77.7 Å². The van der Waals surface area contributed by atoms with Gasteiger partial charge in [0.2, 0.25) is 0 Å². The molecule has 2 aromatic carbocycles. The fraction of sp³-hybridized carbons (Fsp3) is 0.207. The molecule has 3 aromatic heterocycles. The largest absolute Gasteiger partial charge is 0.464 e. The number of nitrogens with zero attached hydrogens (tertiary/aromatic N) is 3. The van der Waals surface area contributed by atoms with E-state index in [4.69, 9.17) is 4.42 Å². The molecule has 2 N–H and O–H groups in total. The van der Waals surface area contributed by atoms with Crippen LogP contribution in [-0.4, -0.2) is 20.1 Å². The molecule has 0 saturated heterocycles. The van der Waals surface area contributed by atoms with Crippen molar-refractivity contribution < 1.29 is 9.52 Å². The number of pyridine rings is 1. The number of hydrogen-bond donors (Lipinski definition) is 2. The van der Waals surface area contributed by atoms with Crippen molar-refractivity contribution in [1.82, 2.24) is 15.0 Å². The van der Waals surface area contributed by atoms with E-state index in [1.807, 2.05) is 50.4 Å². The van der Waals surface area contributed by atoms with Gasteiger partial charge in [0.25, 0.3) is 0 Å². The summed E-state index contributed by atoms with van der Waals surface area (Å²) in [5.74, 6) is 1.48. The van der Waals surface area contributed by atoms with Crippen LogP contribution in [-0.2, 0) is 0 Å². The quantitative estimate of drug-likeness (QED) is 0.288. The van der Waals surface area contributed by atoms with E-state index in [-0.39, 0.29) is 6.04 Å². The molecule has 2 unspecified atom stereocenters.